The third kappa shape index (κ3) is 3.46. The van der Waals surface area contributed by atoms with Crippen LogP contribution in [0, 0.1) is 11.8 Å². The van der Waals surface area contributed by atoms with E-state index in [0.29, 0.717) is 6.54 Å². The summed E-state index contributed by atoms with van der Waals surface area (Å²) in [4.78, 5) is 10.7. The molecule has 0 radical (unpaired) electrons. The third-order valence-corrected chi connectivity index (χ3v) is 3.74. The van der Waals surface area contributed by atoms with Gasteiger partial charge >= 0.3 is 5.97 Å². The van der Waals surface area contributed by atoms with Crippen LogP contribution in [0.5, 0.6) is 0 Å². The zero-order valence-corrected chi connectivity index (χ0v) is 10.2. The molecule has 3 N–H and O–H groups in total. The summed E-state index contributed by atoms with van der Waals surface area (Å²) in [6.07, 6.45) is 4.10. The largest absolute Gasteiger partial charge is 0.481 e. The number of aliphatic hydroxyl groups excluding tert-OH is 1. The lowest BCUT2D eigenvalue weighted by Gasteiger charge is -2.39. The molecule has 0 bridgehead atoms. The monoisotopic (exact) mass is 229 g/mol. The molecule has 94 valence electrons. The third-order valence-electron chi connectivity index (χ3n) is 3.74. The van der Waals surface area contributed by atoms with E-state index in [9.17, 15) is 9.90 Å². The van der Waals surface area contributed by atoms with Gasteiger partial charge in [0.1, 0.15) is 0 Å². The Morgan fingerprint density at radius 1 is 1.50 bits per heavy atom. The van der Waals surface area contributed by atoms with E-state index in [4.69, 9.17) is 5.11 Å². The summed E-state index contributed by atoms with van der Waals surface area (Å²) in [5, 5.41) is 21.5. The topological polar surface area (TPSA) is 69.6 Å². The van der Waals surface area contributed by atoms with Crippen LogP contribution in [0.15, 0.2) is 0 Å². The van der Waals surface area contributed by atoms with Gasteiger partial charge < -0.3 is 15.5 Å². The Hall–Kier alpha value is -0.610. The first-order chi connectivity index (χ1) is 7.49. The number of hydrogen-bond donors (Lipinski definition) is 3. The normalized spacial score (nSPS) is 32.3. The van der Waals surface area contributed by atoms with Crippen LogP contribution in [0.1, 0.15) is 39.5 Å². The molecule has 4 nitrogen and oxygen atoms in total. The summed E-state index contributed by atoms with van der Waals surface area (Å²) < 4.78 is 0. The number of rotatable bonds is 5. The average molecular weight is 229 g/mol. The van der Waals surface area contributed by atoms with Gasteiger partial charge in [0.2, 0.25) is 0 Å². The summed E-state index contributed by atoms with van der Waals surface area (Å²) in [5.74, 6) is -0.467. The maximum absolute atomic E-state index is 10.7. The van der Waals surface area contributed by atoms with Gasteiger partial charge in [-0.25, -0.2) is 0 Å². The molecule has 0 amide bonds. The Bertz CT molecular complexity index is 234. The van der Waals surface area contributed by atoms with Crippen LogP contribution in [-0.2, 0) is 4.79 Å². The van der Waals surface area contributed by atoms with E-state index in [1.807, 2.05) is 0 Å². The smallest absolute Gasteiger partial charge is 0.307 e. The minimum absolute atomic E-state index is 0.103. The predicted octanol–water partition coefficient (Wildman–Crippen LogP) is 1.24. The van der Waals surface area contributed by atoms with Gasteiger partial charge in [-0.05, 0) is 31.6 Å². The van der Waals surface area contributed by atoms with Crippen LogP contribution in [-0.4, -0.2) is 34.9 Å². The zero-order valence-electron chi connectivity index (χ0n) is 10.2. The van der Waals surface area contributed by atoms with Crippen LogP contribution < -0.4 is 5.32 Å². The van der Waals surface area contributed by atoms with Crippen LogP contribution in [0.25, 0.3) is 0 Å². The molecular weight excluding hydrogens is 206 g/mol. The van der Waals surface area contributed by atoms with E-state index < -0.39 is 11.9 Å². The standard InChI is InChI=1S/C12H23NO3/c1-9-3-5-12(8-14,6-4-9)13-7-10(2)11(15)16/h9-10,13-14H,3-8H2,1-2H3,(H,15,16). The minimum atomic E-state index is -0.787. The fourth-order valence-corrected chi connectivity index (χ4v) is 2.16. The Kier molecular flexibility index (Phi) is 4.74. The fourth-order valence-electron chi connectivity index (χ4n) is 2.16. The van der Waals surface area contributed by atoms with E-state index in [2.05, 4.69) is 12.2 Å². The number of aliphatic hydroxyl groups is 1. The van der Waals surface area contributed by atoms with Gasteiger partial charge in [0, 0.05) is 12.1 Å². The summed E-state index contributed by atoms with van der Waals surface area (Å²) >= 11 is 0. The Labute approximate surface area is 97.0 Å². The van der Waals surface area contributed by atoms with Crippen molar-refractivity contribution in [3.05, 3.63) is 0 Å². The number of aliphatic carboxylic acids is 1. The molecule has 0 aliphatic heterocycles. The Morgan fingerprint density at radius 2 is 2.06 bits per heavy atom. The molecular formula is C12H23NO3. The molecule has 1 aliphatic carbocycles. The van der Waals surface area contributed by atoms with Crippen molar-refractivity contribution in [2.24, 2.45) is 11.8 Å². The molecule has 1 fully saturated rings. The first kappa shape index (κ1) is 13.5. The highest BCUT2D eigenvalue weighted by atomic mass is 16.4. The molecule has 1 atom stereocenters. The second kappa shape index (κ2) is 5.64. The zero-order chi connectivity index (χ0) is 12.2. The molecule has 1 aliphatic rings. The molecule has 0 saturated heterocycles. The second-order valence-electron chi connectivity index (χ2n) is 5.24. The van der Waals surface area contributed by atoms with E-state index >= 15 is 0 Å². The summed E-state index contributed by atoms with van der Waals surface area (Å²) in [5.41, 5.74) is -0.240. The second-order valence-corrected chi connectivity index (χ2v) is 5.24. The SMILES string of the molecule is CC1CCC(CO)(NCC(C)C(=O)O)CC1. The molecule has 0 spiro atoms. The van der Waals surface area contributed by atoms with E-state index in [0.717, 1.165) is 31.6 Å². The lowest BCUT2D eigenvalue weighted by atomic mass is 9.77. The number of carboxylic acids is 1. The highest BCUT2D eigenvalue weighted by Gasteiger charge is 2.33. The van der Waals surface area contributed by atoms with Gasteiger partial charge in [-0.1, -0.05) is 13.8 Å². The first-order valence-electron chi connectivity index (χ1n) is 6.08. The molecule has 1 unspecified atom stereocenters. The number of hydrogen-bond acceptors (Lipinski definition) is 3. The van der Waals surface area contributed by atoms with Crippen LogP contribution in [0.3, 0.4) is 0 Å². The van der Waals surface area contributed by atoms with Gasteiger partial charge in [0.25, 0.3) is 0 Å². The van der Waals surface area contributed by atoms with Crippen LogP contribution >= 0.6 is 0 Å². The quantitative estimate of drug-likeness (QED) is 0.663. The van der Waals surface area contributed by atoms with Crippen LogP contribution in [0.4, 0.5) is 0 Å². The maximum atomic E-state index is 10.7. The molecule has 1 saturated carbocycles. The molecule has 0 aromatic heterocycles. The highest BCUT2D eigenvalue weighted by molar-refractivity contribution is 5.69. The van der Waals surface area contributed by atoms with Gasteiger partial charge in [0.05, 0.1) is 12.5 Å². The van der Waals surface area contributed by atoms with Gasteiger partial charge in [0.15, 0.2) is 0 Å². The highest BCUT2D eigenvalue weighted by Crippen LogP contribution is 2.31. The molecule has 4 heteroatoms. The lowest BCUT2D eigenvalue weighted by molar-refractivity contribution is -0.141. The van der Waals surface area contributed by atoms with E-state index in [-0.39, 0.29) is 12.1 Å². The van der Waals surface area contributed by atoms with Gasteiger partial charge in [-0.3, -0.25) is 4.79 Å². The number of carbonyl (C=O) groups is 1. The van der Waals surface area contributed by atoms with Crippen molar-refractivity contribution in [1.29, 1.82) is 0 Å². The van der Waals surface area contributed by atoms with E-state index in [1.165, 1.54) is 0 Å². The summed E-state index contributed by atoms with van der Waals surface area (Å²) in [6.45, 7) is 4.45. The fraction of sp³-hybridized carbons (Fsp3) is 0.917. The molecule has 0 heterocycles. The van der Waals surface area contributed by atoms with Crippen molar-refractivity contribution in [2.45, 2.75) is 45.1 Å². The van der Waals surface area contributed by atoms with E-state index in [1.54, 1.807) is 6.92 Å². The van der Waals surface area contributed by atoms with Crippen molar-refractivity contribution in [3.8, 4) is 0 Å². The molecule has 16 heavy (non-hydrogen) atoms. The maximum Gasteiger partial charge on any atom is 0.307 e. The Morgan fingerprint density at radius 3 is 2.50 bits per heavy atom. The summed E-state index contributed by atoms with van der Waals surface area (Å²) in [7, 11) is 0. The van der Waals surface area contributed by atoms with Crippen molar-refractivity contribution < 1.29 is 15.0 Å². The average Bonchev–Trinajstić information content (AvgIpc) is 2.28. The number of nitrogens with one attached hydrogen (secondary N) is 1. The Balaban J connectivity index is 2.45. The lowest BCUT2D eigenvalue weighted by Crippen LogP contribution is -2.52. The molecule has 1 rings (SSSR count). The van der Waals surface area contributed by atoms with Gasteiger partial charge in [-0.15, -0.1) is 0 Å². The van der Waals surface area contributed by atoms with Gasteiger partial charge in [-0.2, -0.15) is 0 Å². The molecule has 0 aromatic rings. The van der Waals surface area contributed by atoms with Crippen molar-refractivity contribution in [3.63, 3.8) is 0 Å². The summed E-state index contributed by atoms with van der Waals surface area (Å²) in [6, 6.07) is 0. The number of carboxylic acid groups (broad SMARTS) is 1. The van der Waals surface area contributed by atoms with Crippen molar-refractivity contribution in [2.75, 3.05) is 13.2 Å². The van der Waals surface area contributed by atoms with Crippen LogP contribution in [0.2, 0.25) is 0 Å². The predicted molar refractivity (Wildman–Crippen MR) is 62.3 cm³/mol. The van der Waals surface area contributed by atoms with Crippen molar-refractivity contribution >= 4 is 5.97 Å². The van der Waals surface area contributed by atoms with Crippen molar-refractivity contribution in [1.82, 2.24) is 5.32 Å². The minimum Gasteiger partial charge on any atom is -0.481 e. The first-order valence-corrected chi connectivity index (χ1v) is 6.08. The molecule has 0 aromatic carbocycles.